The number of aliphatic hydroxyl groups is 1. The molecule has 0 aromatic carbocycles. The molecule has 0 saturated heterocycles. The number of aliphatic hydroxyl groups excluding tert-OH is 1. The van der Waals surface area contributed by atoms with E-state index in [1.807, 2.05) is 0 Å². The summed E-state index contributed by atoms with van der Waals surface area (Å²) in [4.78, 5) is 0. The highest BCUT2D eigenvalue weighted by atomic mass is 32.2. The van der Waals surface area contributed by atoms with Crippen LogP contribution in [0, 0.1) is 0 Å². The molecule has 0 heterocycles. The SMILES string of the molecule is CS(=O)(=O)O[C@H]1CCC[C@H](O)C1. The smallest absolute Gasteiger partial charge is 0.264 e. The Bertz CT molecular complexity index is 234. The molecule has 1 fully saturated rings. The van der Waals surface area contributed by atoms with Crippen molar-refractivity contribution in [1.82, 2.24) is 0 Å². The summed E-state index contributed by atoms with van der Waals surface area (Å²) in [5.74, 6) is 0. The fraction of sp³-hybridized carbons (Fsp3) is 1.00. The van der Waals surface area contributed by atoms with Crippen LogP contribution >= 0.6 is 0 Å². The summed E-state index contributed by atoms with van der Waals surface area (Å²) in [5.41, 5.74) is 0. The van der Waals surface area contributed by atoms with Crippen molar-refractivity contribution in [2.24, 2.45) is 0 Å². The molecular weight excluding hydrogens is 180 g/mol. The number of hydrogen-bond acceptors (Lipinski definition) is 4. The van der Waals surface area contributed by atoms with Crippen molar-refractivity contribution in [2.45, 2.75) is 37.9 Å². The maximum Gasteiger partial charge on any atom is 0.264 e. The fourth-order valence-electron chi connectivity index (χ4n) is 1.45. The molecule has 0 bridgehead atoms. The summed E-state index contributed by atoms with van der Waals surface area (Å²) < 4.78 is 26.2. The maximum atomic E-state index is 10.7. The summed E-state index contributed by atoms with van der Waals surface area (Å²) in [7, 11) is -3.36. The van der Waals surface area contributed by atoms with Gasteiger partial charge in [0.05, 0.1) is 18.5 Å². The van der Waals surface area contributed by atoms with Crippen LogP contribution in [-0.2, 0) is 14.3 Å². The Kier molecular flexibility index (Phi) is 3.09. The van der Waals surface area contributed by atoms with E-state index in [-0.39, 0.29) is 6.10 Å². The number of hydrogen-bond donors (Lipinski definition) is 1. The molecule has 5 heteroatoms. The summed E-state index contributed by atoms with van der Waals surface area (Å²) in [6, 6.07) is 0. The van der Waals surface area contributed by atoms with Crippen molar-refractivity contribution < 1.29 is 17.7 Å². The van der Waals surface area contributed by atoms with E-state index in [4.69, 9.17) is 4.18 Å². The highest BCUT2D eigenvalue weighted by Crippen LogP contribution is 2.21. The summed E-state index contributed by atoms with van der Waals surface area (Å²) in [5, 5.41) is 9.20. The van der Waals surface area contributed by atoms with Crippen molar-refractivity contribution >= 4 is 10.1 Å². The molecule has 1 saturated carbocycles. The Morgan fingerprint density at radius 3 is 2.58 bits per heavy atom. The van der Waals surface area contributed by atoms with Crippen molar-refractivity contribution in [3.05, 3.63) is 0 Å². The Morgan fingerprint density at radius 2 is 2.08 bits per heavy atom. The molecule has 1 rings (SSSR count). The largest absolute Gasteiger partial charge is 0.393 e. The van der Waals surface area contributed by atoms with Crippen LogP contribution in [-0.4, -0.2) is 32.0 Å². The quantitative estimate of drug-likeness (QED) is 0.641. The van der Waals surface area contributed by atoms with Gasteiger partial charge in [-0.3, -0.25) is 4.18 Å². The Hall–Kier alpha value is -0.130. The minimum Gasteiger partial charge on any atom is -0.393 e. The second-order valence-electron chi connectivity index (χ2n) is 3.24. The zero-order valence-corrected chi connectivity index (χ0v) is 7.88. The predicted octanol–water partition coefficient (Wildman–Crippen LogP) is 0.266. The highest BCUT2D eigenvalue weighted by Gasteiger charge is 2.23. The molecule has 0 aliphatic heterocycles. The normalized spacial score (nSPS) is 31.8. The van der Waals surface area contributed by atoms with Crippen LogP contribution in [0.3, 0.4) is 0 Å². The molecule has 0 spiro atoms. The average molecular weight is 194 g/mol. The molecule has 4 nitrogen and oxygen atoms in total. The van der Waals surface area contributed by atoms with Crippen LogP contribution in [0.15, 0.2) is 0 Å². The molecular formula is C7H14O4S. The van der Waals surface area contributed by atoms with Crippen molar-refractivity contribution in [3.63, 3.8) is 0 Å². The summed E-state index contributed by atoms with van der Waals surface area (Å²) in [6.07, 6.45) is 3.07. The first-order valence-electron chi connectivity index (χ1n) is 4.04. The van der Waals surface area contributed by atoms with Gasteiger partial charge in [-0.15, -0.1) is 0 Å². The van der Waals surface area contributed by atoms with Gasteiger partial charge >= 0.3 is 0 Å². The first-order valence-corrected chi connectivity index (χ1v) is 5.85. The second-order valence-corrected chi connectivity index (χ2v) is 4.84. The molecule has 12 heavy (non-hydrogen) atoms. The van der Waals surface area contributed by atoms with Crippen LogP contribution in [0.25, 0.3) is 0 Å². The van der Waals surface area contributed by atoms with Gasteiger partial charge in [0.25, 0.3) is 10.1 Å². The van der Waals surface area contributed by atoms with Gasteiger partial charge in [0, 0.05) is 6.42 Å². The van der Waals surface area contributed by atoms with E-state index >= 15 is 0 Å². The minimum absolute atomic E-state index is 0.316. The van der Waals surface area contributed by atoms with E-state index < -0.39 is 16.2 Å². The molecule has 1 N–H and O–H groups in total. The lowest BCUT2D eigenvalue weighted by Crippen LogP contribution is -2.27. The predicted molar refractivity (Wildman–Crippen MR) is 44.2 cm³/mol. The highest BCUT2D eigenvalue weighted by molar-refractivity contribution is 7.86. The van der Waals surface area contributed by atoms with Gasteiger partial charge in [-0.05, 0) is 19.3 Å². The monoisotopic (exact) mass is 194 g/mol. The summed E-state index contributed by atoms with van der Waals surface area (Å²) >= 11 is 0. The van der Waals surface area contributed by atoms with Gasteiger partial charge in [0.2, 0.25) is 0 Å². The molecule has 0 amide bonds. The van der Waals surface area contributed by atoms with Crippen LogP contribution in [0.4, 0.5) is 0 Å². The lowest BCUT2D eigenvalue weighted by atomic mass is 9.95. The van der Waals surface area contributed by atoms with Crippen molar-refractivity contribution in [3.8, 4) is 0 Å². The van der Waals surface area contributed by atoms with Crippen LogP contribution < -0.4 is 0 Å². The second kappa shape index (κ2) is 3.72. The Labute approximate surface area is 72.7 Å². The zero-order valence-electron chi connectivity index (χ0n) is 7.06. The molecule has 0 unspecified atom stereocenters. The Morgan fingerprint density at radius 1 is 1.42 bits per heavy atom. The number of rotatable bonds is 2. The minimum atomic E-state index is -3.36. The molecule has 2 atom stereocenters. The van der Waals surface area contributed by atoms with Gasteiger partial charge in [-0.1, -0.05) is 0 Å². The van der Waals surface area contributed by atoms with Gasteiger partial charge in [0.15, 0.2) is 0 Å². The first-order chi connectivity index (χ1) is 5.47. The first kappa shape index (κ1) is 9.95. The van der Waals surface area contributed by atoms with Crippen molar-refractivity contribution in [2.75, 3.05) is 6.26 Å². The third-order valence-electron chi connectivity index (χ3n) is 1.91. The molecule has 0 aromatic heterocycles. The lowest BCUT2D eigenvalue weighted by molar-refractivity contribution is 0.0576. The molecule has 1 aliphatic carbocycles. The third kappa shape index (κ3) is 3.51. The third-order valence-corrected chi connectivity index (χ3v) is 2.53. The van der Waals surface area contributed by atoms with E-state index in [9.17, 15) is 13.5 Å². The van der Waals surface area contributed by atoms with Crippen LogP contribution in [0.1, 0.15) is 25.7 Å². The van der Waals surface area contributed by atoms with Gasteiger partial charge in [0.1, 0.15) is 0 Å². The van der Waals surface area contributed by atoms with E-state index in [0.717, 1.165) is 25.5 Å². The average Bonchev–Trinajstić information content (AvgIpc) is 1.82. The molecule has 0 radical (unpaired) electrons. The fourth-order valence-corrected chi connectivity index (χ4v) is 2.12. The van der Waals surface area contributed by atoms with Gasteiger partial charge < -0.3 is 5.11 Å². The van der Waals surface area contributed by atoms with E-state index in [2.05, 4.69) is 0 Å². The van der Waals surface area contributed by atoms with Crippen LogP contribution in [0.2, 0.25) is 0 Å². The van der Waals surface area contributed by atoms with E-state index in [1.165, 1.54) is 0 Å². The topological polar surface area (TPSA) is 63.6 Å². The maximum absolute atomic E-state index is 10.7. The standard InChI is InChI=1S/C7H14O4S/c1-12(9,10)11-7-4-2-3-6(8)5-7/h6-8H,2-5H2,1H3/t6-,7-/m0/s1. The zero-order chi connectivity index (χ0) is 9.19. The lowest BCUT2D eigenvalue weighted by Gasteiger charge is -2.24. The molecule has 72 valence electrons. The molecule has 1 aliphatic rings. The molecule has 0 aromatic rings. The van der Waals surface area contributed by atoms with Gasteiger partial charge in [-0.2, -0.15) is 8.42 Å². The van der Waals surface area contributed by atoms with Crippen molar-refractivity contribution in [1.29, 1.82) is 0 Å². The van der Waals surface area contributed by atoms with Gasteiger partial charge in [-0.25, -0.2) is 0 Å². The summed E-state index contributed by atoms with van der Waals surface area (Å²) in [6.45, 7) is 0. The Balaban J connectivity index is 2.43. The van der Waals surface area contributed by atoms with E-state index in [0.29, 0.717) is 6.42 Å². The van der Waals surface area contributed by atoms with E-state index in [1.54, 1.807) is 0 Å². The van der Waals surface area contributed by atoms with Crippen LogP contribution in [0.5, 0.6) is 0 Å².